The molecule has 2 aromatic carbocycles. The van der Waals surface area contributed by atoms with E-state index in [-0.39, 0.29) is 25.0 Å². The van der Waals surface area contributed by atoms with Gasteiger partial charge in [0.1, 0.15) is 18.1 Å². The van der Waals surface area contributed by atoms with Gasteiger partial charge in [-0.25, -0.2) is 4.98 Å². The van der Waals surface area contributed by atoms with E-state index in [0.29, 0.717) is 24.5 Å². The number of carbonyl (C=O) groups is 2. The Bertz CT molecular complexity index is 1030. The third kappa shape index (κ3) is 5.13. The summed E-state index contributed by atoms with van der Waals surface area (Å²) in [5.74, 6) is 0.870. The second kappa shape index (κ2) is 9.23. The fraction of sp³-hybridized carbons (Fsp3) is 0.318. The van der Waals surface area contributed by atoms with Gasteiger partial charge in [-0.3, -0.25) is 9.59 Å². The standard InChI is InChI=1S/C22H25N3O4/c1-15-8-9-16(2)19(12-15)29-14-21(26)23-11-10-20-24-17-6-4-5-7-18(17)25(20)13-22(27)28-3/h4-9,12H,10-11,13-14H2,1-3H3,(H,23,26). The van der Waals surface area contributed by atoms with E-state index in [1.54, 1.807) is 0 Å². The lowest BCUT2D eigenvalue weighted by Gasteiger charge is -2.11. The van der Waals surface area contributed by atoms with Gasteiger partial charge >= 0.3 is 5.97 Å². The molecule has 0 radical (unpaired) electrons. The minimum absolute atomic E-state index is 0.0527. The zero-order valence-electron chi connectivity index (χ0n) is 16.9. The van der Waals surface area contributed by atoms with Crippen LogP contribution in [0.25, 0.3) is 11.0 Å². The number of esters is 1. The molecule has 1 amide bonds. The van der Waals surface area contributed by atoms with E-state index in [1.165, 1.54) is 7.11 Å². The Morgan fingerprint density at radius 1 is 1.14 bits per heavy atom. The molecule has 0 fully saturated rings. The number of nitrogens with zero attached hydrogens (tertiary/aromatic N) is 2. The minimum atomic E-state index is -0.347. The molecule has 152 valence electrons. The van der Waals surface area contributed by atoms with Gasteiger partial charge in [0.15, 0.2) is 6.61 Å². The molecule has 0 saturated heterocycles. The molecule has 0 unspecified atom stereocenters. The number of hydrogen-bond donors (Lipinski definition) is 1. The van der Waals surface area contributed by atoms with Crippen LogP contribution in [0.2, 0.25) is 0 Å². The first-order valence-corrected chi connectivity index (χ1v) is 9.45. The highest BCUT2D eigenvalue weighted by molar-refractivity contribution is 5.79. The Balaban J connectivity index is 1.59. The number of methoxy groups -OCH3 is 1. The first-order chi connectivity index (χ1) is 14.0. The number of para-hydroxylation sites is 2. The molecule has 29 heavy (non-hydrogen) atoms. The van der Waals surface area contributed by atoms with Crippen molar-refractivity contribution >= 4 is 22.9 Å². The maximum Gasteiger partial charge on any atom is 0.325 e. The number of imidazole rings is 1. The molecule has 3 aromatic rings. The molecule has 7 heteroatoms. The highest BCUT2D eigenvalue weighted by Crippen LogP contribution is 2.19. The average Bonchev–Trinajstić information content (AvgIpc) is 3.06. The van der Waals surface area contributed by atoms with Crippen LogP contribution in [-0.4, -0.2) is 41.7 Å². The summed E-state index contributed by atoms with van der Waals surface area (Å²) < 4.78 is 12.2. The topological polar surface area (TPSA) is 82.5 Å². The maximum atomic E-state index is 12.1. The van der Waals surface area contributed by atoms with Crippen molar-refractivity contribution in [2.45, 2.75) is 26.8 Å². The Morgan fingerprint density at radius 3 is 2.72 bits per heavy atom. The van der Waals surface area contributed by atoms with Gasteiger partial charge in [-0.1, -0.05) is 24.3 Å². The molecule has 0 aliphatic carbocycles. The van der Waals surface area contributed by atoms with Crippen LogP contribution in [0.4, 0.5) is 0 Å². The molecular weight excluding hydrogens is 370 g/mol. The van der Waals surface area contributed by atoms with Crippen LogP contribution in [0, 0.1) is 13.8 Å². The number of amides is 1. The number of aryl methyl sites for hydroxylation is 2. The van der Waals surface area contributed by atoms with Crippen LogP contribution in [0.3, 0.4) is 0 Å². The van der Waals surface area contributed by atoms with E-state index in [4.69, 9.17) is 9.47 Å². The number of nitrogens with one attached hydrogen (secondary N) is 1. The fourth-order valence-corrected chi connectivity index (χ4v) is 3.06. The monoisotopic (exact) mass is 395 g/mol. The van der Waals surface area contributed by atoms with Crippen LogP contribution < -0.4 is 10.1 Å². The molecule has 7 nitrogen and oxygen atoms in total. The van der Waals surface area contributed by atoms with E-state index >= 15 is 0 Å². The lowest BCUT2D eigenvalue weighted by Crippen LogP contribution is -2.31. The molecule has 0 atom stereocenters. The van der Waals surface area contributed by atoms with Gasteiger partial charge < -0.3 is 19.4 Å². The summed E-state index contributed by atoms with van der Waals surface area (Å²) in [6, 6.07) is 13.5. The summed E-state index contributed by atoms with van der Waals surface area (Å²) in [6.45, 7) is 4.34. The van der Waals surface area contributed by atoms with Crippen LogP contribution in [0.5, 0.6) is 5.75 Å². The third-order valence-electron chi connectivity index (χ3n) is 4.62. The summed E-state index contributed by atoms with van der Waals surface area (Å²) in [5.41, 5.74) is 3.73. The molecule has 0 saturated carbocycles. The Labute approximate surface area is 169 Å². The molecule has 0 aliphatic rings. The SMILES string of the molecule is COC(=O)Cn1c(CCNC(=O)COc2cc(C)ccc2C)nc2ccccc21. The number of ether oxygens (including phenoxy) is 2. The van der Waals surface area contributed by atoms with Crippen molar-refractivity contribution in [3.05, 3.63) is 59.4 Å². The van der Waals surface area contributed by atoms with E-state index in [0.717, 1.165) is 22.2 Å². The van der Waals surface area contributed by atoms with Gasteiger partial charge in [0.2, 0.25) is 0 Å². The summed E-state index contributed by atoms with van der Waals surface area (Å²) in [7, 11) is 1.36. The smallest absolute Gasteiger partial charge is 0.325 e. The quantitative estimate of drug-likeness (QED) is 0.593. The second-order valence-corrected chi connectivity index (χ2v) is 6.84. The highest BCUT2D eigenvalue weighted by Gasteiger charge is 2.14. The van der Waals surface area contributed by atoms with Crippen molar-refractivity contribution in [1.29, 1.82) is 0 Å². The zero-order chi connectivity index (χ0) is 20.8. The van der Waals surface area contributed by atoms with Gasteiger partial charge in [0.25, 0.3) is 5.91 Å². The Kier molecular flexibility index (Phi) is 6.49. The number of aromatic nitrogens is 2. The normalized spacial score (nSPS) is 10.7. The van der Waals surface area contributed by atoms with Crippen molar-refractivity contribution < 1.29 is 19.1 Å². The average molecular weight is 395 g/mol. The fourth-order valence-electron chi connectivity index (χ4n) is 3.06. The van der Waals surface area contributed by atoms with Crippen molar-refractivity contribution in [3.63, 3.8) is 0 Å². The zero-order valence-corrected chi connectivity index (χ0v) is 16.9. The Morgan fingerprint density at radius 2 is 1.93 bits per heavy atom. The van der Waals surface area contributed by atoms with Crippen LogP contribution in [0.1, 0.15) is 17.0 Å². The predicted octanol–water partition coefficient (Wildman–Crippen LogP) is 2.56. The molecular formula is C22H25N3O4. The van der Waals surface area contributed by atoms with Crippen molar-refractivity contribution in [1.82, 2.24) is 14.9 Å². The first-order valence-electron chi connectivity index (χ1n) is 9.45. The number of rotatable bonds is 8. The molecule has 0 bridgehead atoms. The number of hydrogen-bond acceptors (Lipinski definition) is 5. The molecule has 1 N–H and O–H groups in total. The third-order valence-corrected chi connectivity index (χ3v) is 4.62. The second-order valence-electron chi connectivity index (χ2n) is 6.84. The minimum Gasteiger partial charge on any atom is -0.483 e. The molecule has 1 aromatic heterocycles. The lowest BCUT2D eigenvalue weighted by atomic mass is 10.1. The van der Waals surface area contributed by atoms with Gasteiger partial charge in [0.05, 0.1) is 18.1 Å². The number of benzene rings is 2. The van der Waals surface area contributed by atoms with Gasteiger partial charge in [0, 0.05) is 13.0 Å². The summed E-state index contributed by atoms with van der Waals surface area (Å²) in [6.07, 6.45) is 0.487. The first kappa shape index (κ1) is 20.4. The Hall–Kier alpha value is -3.35. The molecule has 3 rings (SSSR count). The van der Waals surface area contributed by atoms with Crippen LogP contribution in [-0.2, 0) is 27.3 Å². The highest BCUT2D eigenvalue weighted by atomic mass is 16.5. The van der Waals surface area contributed by atoms with Crippen molar-refractivity contribution in [2.24, 2.45) is 0 Å². The molecule has 0 aliphatic heterocycles. The number of carbonyl (C=O) groups excluding carboxylic acids is 2. The van der Waals surface area contributed by atoms with Crippen molar-refractivity contribution in [2.75, 3.05) is 20.3 Å². The largest absolute Gasteiger partial charge is 0.483 e. The summed E-state index contributed by atoms with van der Waals surface area (Å²) in [4.78, 5) is 28.5. The van der Waals surface area contributed by atoms with Gasteiger partial charge in [-0.2, -0.15) is 0 Å². The lowest BCUT2D eigenvalue weighted by molar-refractivity contribution is -0.141. The summed E-state index contributed by atoms with van der Waals surface area (Å²) in [5, 5.41) is 2.84. The molecule has 1 heterocycles. The van der Waals surface area contributed by atoms with Gasteiger partial charge in [-0.15, -0.1) is 0 Å². The van der Waals surface area contributed by atoms with Crippen LogP contribution >= 0.6 is 0 Å². The van der Waals surface area contributed by atoms with Gasteiger partial charge in [-0.05, 0) is 43.2 Å². The van der Waals surface area contributed by atoms with E-state index in [2.05, 4.69) is 10.3 Å². The predicted molar refractivity (Wildman–Crippen MR) is 110 cm³/mol. The summed E-state index contributed by atoms with van der Waals surface area (Å²) >= 11 is 0. The van der Waals surface area contributed by atoms with E-state index < -0.39 is 0 Å². The maximum absolute atomic E-state index is 12.1. The van der Waals surface area contributed by atoms with E-state index in [1.807, 2.05) is 60.9 Å². The number of fused-ring (bicyclic) bond motifs is 1. The van der Waals surface area contributed by atoms with Crippen LogP contribution in [0.15, 0.2) is 42.5 Å². The molecule has 0 spiro atoms. The van der Waals surface area contributed by atoms with Crippen molar-refractivity contribution in [3.8, 4) is 5.75 Å². The van der Waals surface area contributed by atoms with E-state index in [9.17, 15) is 9.59 Å².